The molecule has 2 N–H and O–H groups in total. The zero-order chi connectivity index (χ0) is 19.0. The Morgan fingerprint density at radius 1 is 1.00 bits per heavy atom. The minimum Gasteiger partial charge on any atom is -0.341 e. The van der Waals surface area contributed by atoms with Crippen molar-refractivity contribution in [3.63, 3.8) is 0 Å². The number of nitrogens with zero attached hydrogens (tertiary/aromatic N) is 1. The molecule has 0 radical (unpaired) electrons. The van der Waals surface area contributed by atoms with Gasteiger partial charge in [-0.15, -0.1) is 12.4 Å². The molecular weight excluding hydrogens is 384 g/mol. The van der Waals surface area contributed by atoms with Gasteiger partial charge in [0.1, 0.15) is 0 Å². The van der Waals surface area contributed by atoms with E-state index in [2.05, 4.69) is 0 Å². The Bertz CT molecular complexity index is 809. The van der Waals surface area contributed by atoms with Crippen LogP contribution in [0.5, 0.6) is 0 Å². The van der Waals surface area contributed by atoms with E-state index in [1.807, 2.05) is 37.3 Å². The number of carbonyl (C=O) groups excluding carboxylic acids is 1. The summed E-state index contributed by atoms with van der Waals surface area (Å²) >= 11 is 0. The van der Waals surface area contributed by atoms with Gasteiger partial charge in [-0.05, 0) is 31.0 Å². The number of hydrogen-bond donors (Lipinski definition) is 1. The number of rotatable bonds is 9. The number of sulfone groups is 1. The van der Waals surface area contributed by atoms with E-state index in [9.17, 15) is 13.2 Å². The minimum atomic E-state index is -3.47. The Balaban J connectivity index is 0.00000364. The van der Waals surface area contributed by atoms with Crippen molar-refractivity contribution in [1.29, 1.82) is 0 Å². The van der Waals surface area contributed by atoms with Gasteiger partial charge in [0.2, 0.25) is 5.91 Å². The topological polar surface area (TPSA) is 80.5 Å². The molecule has 0 atom stereocenters. The Morgan fingerprint density at radius 2 is 1.63 bits per heavy atom. The lowest BCUT2D eigenvalue weighted by Crippen LogP contribution is -2.37. The smallest absolute Gasteiger partial charge is 0.223 e. The molecule has 27 heavy (non-hydrogen) atoms. The van der Waals surface area contributed by atoms with Crippen LogP contribution in [-0.4, -0.2) is 44.6 Å². The molecule has 0 unspecified atom stereocenters. The molecule has 7 heteroatoms. The highest BCUT2D eigenvalue weighted by molar-refractivity contribution is 7.91. The van der Waals surface area contributed by atoms with Crippen LogP contribution < -0.4 is 5.73 Å². The molecule has 0 saturated heterocycles. The first-order chi connectivity index (χ1) is 12.4. The number of benzene rings is 2. The van der Waals surface area contributed by atoms with Gasteiger partial charge in [0.25, 0.3) is 0 Å². The molecule has 0 aliphatic heterocycles. The molecule has 0 saturated carbocycles. The average molecular weight is 411 g/mol. The maximum atomic E-state index is 12.5. The zero-order valence-electron chi connectivity index (χ0n) is 15.5. The monoisotopic (exact) mass is 410 g/mol. The lowest BCUT2D eigenvalue weighted by molar-refractivity contribution is -0.130. The van der Waals surface area contributed by atoms with Crippen LogP contribution in [0.1, 0.15) is 17.5 Å². The van der Waals surface area contributed by atoms with Crippen LogP contribution in [0.25, 0.3) is 0 Å². The number of aryl methyl sites for hydroxylation is 1. The van der Waals surface area contributed by atoms with Gasteiger partial charge in [-0.2, -0.15) is 0 Å². The molecule has 5 nitrogen and oxygen atoms in total. The van der Waals surface area contributed by atoms with Crippen molar-refractivity contribution in [3.05, 3.63) is 65.7 Å². The molecule has 148 valence electrons. The Kier molecular flexibility index (Phi) is 9.49. The van der Waals surface area contributed by atoms with Crippen molar-refractivity contribution in [2.75, 3.05) is 25.4 Å². The fourth-order valence-corrected chi connectivity index (χ4v) is 3.90. The highest BCUT2D eigenvalue weighted by Crippen LogP contribution is 2.14. The van der Waals surface area contributed by atoms with E-state index in [-0.39, 0.29) is 35.4 Å². The van der Waals surface area contributed by atoms with Crippen LogP contribution in [0.4, 0.5) is 0 Å². The molecule has 1 amide bonds. The van der Waals surface area contributed by atoms with Crippen molar-refractivity contribution < 1.29 is 13.2 Å². The predicted molar refractivity (Wildman–Crippen MR) is 111 cm³/mol. The maximum Gasteiger partial charge on any atom is 0.223 e. The van der Waals surface area contributed by atoms with Crippen LogP contribution in [0.3, 0.4) is 0 Å². The summed E-state index contributed by atoms with van der Waals surface area (Å²) < 4.78 is 24.8. The van der Waals surface area contributed by atoms with Crippen LogP contribution in [0.2, 0.25) is 0 Å². The fraction of sp³-hybridized carbons (Fsp3) is 0.350. The van der Waals surface area contributed by atoms with Gasteiger partial charge in [-0.1, -0.05) is 48.0 Å². The van der Waals surface area contributed by atoms with Crippen molar-refractivity contribution in [3.8, 4) is 0 Å². The highest BCUT2D eigenvalue weighted by Gasteiger charge is 2.19. The minimum absolute atomic E-state index is 0. The molecule has 0 aromatic heterocycles. The third-order valence-electron chi connectivity index (χ3n) is 4.23. The van der Waals surface area contributed by atoms with Gasteiger partial charge < -0.3 is 10.6 Å². The molecule has 0 aliphatic carbocycles. The van der Waals surface area contributed by atoms with Gasteiger partial charge in [0.15, 0.2) is 9.84 Å². The Hall–Kier alpha value is -1.89. The molecule has 0 fully saturated rings. The van der Waals surface area contributed by atoms with Crippen molar-refractivity contribution in [1.82, 2.24) is 4.90 Å². The lowest BCUT2D eigenvalue weighted by atomic mass is 10.1. The van der Waals surface area contributed by atoms with Gasteiger partial charge in [-0.25, -0.2) is 8.42 Å². The van der Waals surface area contributed by atoms with E-state index < -0.39 is 9.84 Å². The Morgan fingerprint density at radius 3 is 2.22 bits per heavy atom. The van der Waals surface area contributed by atoms with Crippen LogP contribution in [-0.2, 0) is 21.1 Å². The molecule has 0 bridgehead atoms. The quantitative estimate of drug-likeness (QED) is 0.689. The third kappa shape index (κ3) is 7.33. The average Bonchev–Trinajstić information content (AvgIpc) is 2.64. The summed E-state index contributed by atoms with van der Waals surface area (Å²) in [6.07, 6.45) is 0.683. The second-order valence-electron chi connectivity index (χ2n) is 6.29. The standard InChI is InChI=1S/C20H26N2O3S.ClH/c1-17-7-9-19(10-8-17)26(24,25)16-12-20(23)22(15-13-21)14-11-18-5-3-2-4-6-18;/h2-10H,11-16,21H2,1H3;1H. The number of amides is 1. The first-order valence-corrected chi connectivity index (χ1v) is 10.4. The van der Waals surface area contributed by atoms with Crippen molar-refractivity contribution in [2.45, 2.75) is 24.7 Å². The van der Waals surface area contributed by atoms with Crippen LogP contribution in [0.15, 0.2) is 59.5 Å². The van der Waals surface area contributed by atoms with Crippen molar-refractivity contribution >= 4 is 28.2 Å². The number of carbonyl (C=O) groups is 1. The zero-order valence-corrected chi connectivity index (χ0v) is 17.1. The van der Waals surface area contributed by atoms with Crippen LogP contribution >= 0.6 is 12.4 Å². The highest BCUT2D eigenvalue weighted by atomic mass is 35.5. The van der Waals surface area contributed by atoms with E-state index in [4.69, 9.17) is 5.73 Å². The van der Waals surface area contributed by atoms with Gasteiger partial charge in [0, 0.05) is 26.1 Å². The summed E-state index contributed by atoms with van der Waals surface area (Å²) in [5.41, 5.74) is 7.74. The van der Waals surface area contributed by atoms with E-state index in [0.29, 0.717) is 19.6 Å². The largest absolute Gasteiger partial charge is 0.341 e. The summed E-state index contributed by atoms with van der Waals surface area (Å²) in [4.78, 5) is 14.4. The number of nitrogens with two attached hydrogens (primary N) is 1. The first kappa shape index (κ1) is 23.1. The fourth-order valence-electron chi connectivity index (χ4n) is 2.67. The molecule has 2 rings (SSSR count). The van der Waals surface area contributed by atoms with E-state index in [0.717, 1.165) is 17.5 Å². The predicted octanol–water partition coefficient (Wildman–Crippen LogP) is 2.61. The number of hydrogen-bond acceptors (Lipinski definition) is 4. The van der Waals surface area contributed by atoms with Crippen molar-refractivity contribution in [2.24, 2.45) is 5.73 Å². The summed E-state index contributed by atoms with van der Waals surface area (Å²) in [6.45, 7) is 3.21. The summed E-state index contributed by atoms with van der Waals surface area (Å²) in [5, 5.41) is 0. The second kappa shape index (κ2) is 11.1. The van der Waals surface area contributed by atoms with E-state index in [1.54, 1.807) is 29.2 Å². The molecule has 0 heterocycles. The Labute approximate surface area is 167 Å². The van der Waals surface area contributed by atoms with Gasteiger partial charge in [0.05, 0.1) is 10.6 Å². The van der Waals surface area contributed by atoms with Gasteiger partial charge >= 0.3 is 0 Å². The molecule has 2 aromatic carbocycles. The van der Waals surface area contributed by atoms with E-state index >= 15 is 0 Å². The first-order valence-electron chi connectivity index (χ1n) is 8.73. The van der Waals surface area contributed by atoms with Crippen LogP contribution in [0, 0.1) is 6.92 Å². The maximum absolute atomic E-state index is 12.5. The summed E-state index contributed by atoms with van der Waals surface area (Å²) in [7, 11) is -3.47. The SMILES string of the molecule is Cc1ccc(S(=O)(=O)CCC(=O)N(CCN)CCc2ccccc2)cc1.Cl. The summed E-state index contributed by atoms with van der Waals surface area (Å²) in [5.74, 6) is -0.372. The van der Waals surface area contributed by atoms with Gasteiger partial charge in [-0.3, -0.25) is 4.79 Å². The summed E-state index contributed by atoms with van der Waals surface area (Å²) in [6, 6.07) is 16.6. The second-order valence-corrected chi connectivity index (χ2v) is 8.40. The molecular formula is C20H27ClN2O3S. The number of halogens is 1. The molecule has 0 spiro atoms. The normalized spacial score (nSPS) is 10.9. The lowest BCUT2D eigenvalue weighted by Gasteiger charge is -2.22. The van der Waals surface area contributed by atoms with E-state index in [1.165, 1.54) is 0 Å². The molecule has 0 aliphatic rings. The molecule has 2 aromatic rings. The third-order valence-corrected chi connectivity index (χ3v) is 5.96.